The van der Waals surface area contributed by atoms with Crippen LogP contribution < -0.4 is 5.32 Å². The predicted octanol–water partition coefficient (Wildman–Crippen LogP) is -0.199. The summed E-state index contributed by atoms with van der Waals surface area (Å²) in [5.41, 5.74) is -0.433. The minimum absolute atomic E-state index is 0. The maximum atomic E-state index is 11.0. The summed E-state index contributed by atoms with van der Waals surface area (Å²) in [7, 11) is 0. The van der Waals surface area contributed by atoms with Crippen LogP contribution in [0.2, 0.25) is 0 Å². The molecule has 0 saturated carbocycles. The van der Waals surface area contributed by atoms with Crippen LogP contribution in [0.5, 0.6) is 0 Å². The molecule has 11 heavy (non-hydrogen) atoms. The van der Waals surface area contributed by atoms with E-state index in [9.17, 15) is 9.59 Å². The molecule has 0 aromatic carbocycles. The Kier molecular flexibility index (Phi) is 4.43. The summed E-state index contributed by atoms with van der Waals surface area (Å²) in [4.78, 5) is 21.7. The fourth-order valence-corrected chi connectivity index (χ4v) is 1.04. The number of carbonyl (C=O) groups excluding carboxylic acids is 2. The van der Waals surface area contributed by atoms with Crippen LogP contribution in [-0.4, -0.2) is 63.2 Å². The molecule has 1 aliphatic heterocycles. The van der Waals surface area contributed by atoms with Crippen molar-refractivity contribution in [3.05, 3.63) is 0 Å². The van der Waals surface area contributed by atoms with Crippen molar-refractivity contribution in [1.82, 2.24) is 5.32 Å². The van der Waals surface area contributed by atoms with Gasteiger partial charge in [0, 0.05) is 6.42 Å². The molecule has 2 amide bonds. The monoisotopic (exact) mass is 181 g/mol. The number of carbonyl (C=O) groups is 2. The number of imide groups is 1. The van der Waals surface area contributed by atoms with Crippen LogP contribution in [-0.2, 0) is 9.59 Å². The summed E-state index contributed by atoms with van der Waals surface area (Å²) < 4.78 is 0. The number of hydrogen-bond donors (Lipinski definition) is 1. The van der Waals surface area contributed by atoms with Crippen LogP contribution in [0.4, 0.5) is 0 Å². The molecule has 1 unspecified atom stereocenters. The molecule has 1 heterocycles. The zero-order valence-corrected chi connectivity index (χ0v) is 6.23. The Morgan fingerprint density at radius 3 is 2.27 bits per heavy atom. The molecule has 0 aliphatic carbocycles. The van der Waals surface area contributed by atoms with Gasteiger partial charge in [-0.15, -0.1) is 0 Å². The molecule has 1 fully saturated rings. The third kappa shape index (κ3) is 2.35. The van der Waals surface area contributed by atoms with E-state index in [2.05, 4.69) is 5.32 Å². The van der Waals surface area contributed by atoms with E-state index < -0.39 is 5.41 Å². The molecule has 4 heteroatoms. The third-order valence-electron chi connectivity index (χ3n) is 2.13. The molecule has 1 aliphatic rings. The molecular formula is C7H12KNO2. The summed E-state index contributed by atoms with van der Waals surface area (Å²) in [6, 6.07) is 0. The normalized spacial score (nSPS) is 29.6. The minimum atomic E-state index is -0.433. The van der Waals surface area contributed by atoms with Gasteiger partial charge in [0.15, 0.2) is 0 Å². The second-order valence-electron chi connectivity index (χ2n) is 2.97. The van der Waals surface area contributed by atoms with E-state index in [1.165, 1.54) is 0 Å². The van der Waals surface area contributed by atoms with Crippen molar-refractivity contribution in [2.75, 3.05) is 0 Å². The second-order valence-corrected chi connectivity index (χ2v) is 2.97. The van der Waals surface area contributed by atoms with Crippen molar-refractivity contribution in [2.24, 2.45) is 5.41 Å². The summed E-state index contributed by atoms with van der Waals surface area (Å²) in [5.74, 6) is -0.269. The number of rotatable bonds is 1. The van der Waals surface area contributed by atoms with Crippen molar-refractivity contribution in [3.8, 4) is 0 Å². The number of nitrogens with one attached hydrogen (secondary N) is 1. The van der Waals surface area contributed by atoms with Gasteiger partial charge in [-0.3, -0.25) is 14.9 Å². The molecule has 0 spiro atoms. The van der Waals surface area contributed by atoms with Crippen LogP contribution >= 0.6 is 0 Å². The molecule has 1 saturated heterocycles. The Bertz CT molecular complexity index is 193. The SMILES string of the molecule is CCC1(C)CC(=O)NC1=O.[KH]. The van der Waals surface area contributed by atoms with E-state index in [0.717, 1.165) is 6.42 Å². The van der Waals surface area contributed by atoms with Crippen LogP contribution in [0.1, 0.15) is 26.7 Å². The van der Waals surface area contributed by atoms with Gasteiger partial charge < -0.3 is 0 Å². The van der Waals surface area contributed by atoms with Gasteiger partial charge in [-0.05, 0) is 6.42 Å². The van der Waals surface area contributed by atoms with Gasteiger partial charge in [0.05, 0.1) is 5.41 Å². The van der Waals surface area contributed by atoms with E-state index in [4.69, 9.17) is 0 Å². The standard InChI is InChI=1S/C7H11NO2.K.H/c1-3-7(2)4-5(9)8-6(7)10;;/h3-4H2,1-2H3,(H,8,9,10);;. The second kappa shape index (κ2) is 4.14. The number of amides is 2. The molecule has 0 bridgehead atoms. The van der Waals surface area contributed by atoms with E-state index in [1.807, 2.05) is 13.8 Å². The van der Waals surface area contributed by atoms with E-state index in [1.54, 1.807) is 0 Å². The zero-order chi connectivity index (χ0) is 7.78. The maximum absolute atomic E-state index is 11.0. The van der Waals surface area contributed by atoms with Crippen LogP contribution in [0, 0.1) is 5.41 Å². The number of hydrogen-bond acceptors (Lipinski definition) is 2. The fourth-order valence-electron chi connectivity index (χ4n) is 1.04. The van der Waals surface area contributed by atoms with Crippen molar-refractivity contribution in [3.63, 3.8) is 0 Å². The third-order valence-corrected chi connectivity index (χ3v) is 2.13. The average molecular weight is 181 g/mol. The molecule has 0 aromatic heterocycles. The Morgan fingerprint density at radius 1 is 1.55 bits per heavy atom. The first-order chi connectivity index (χ1) is 4.58. The first-order valence-electron chi connectivity index (χ1n) is 3.43. The molecular weight excluding hydrogens is 169 g/mol. The summed E-state index contributed by atoms with van der Waals surface area (Å²) >= 11 is 0. The molecule has 0 aromatic rings. The van der Waals surface area contributed by atoms with Crippen molar-refractivity contribution in [1.29, 1.82) is 0 Å². The zero-order valence-electron chi connectivity index (χ0n) is 6.23. The van der Waals surface area contributed by atoms with Gasteiger partial charge in [0.1, 0.15) is 0 Å². The fraction of sp³-hybridized carbons (Fsp3) is 0.714. The Morgan fingerprint density at radius 2 is 2.09 bits per heavy atom. The first kappa shape index (κ1) is 11.8. The summed E-state index contributed by atoms with van der Waals surface area (Å²) in [5, 5.41) is 2.28. The van der Waals surface area contributed by atoms with Crippen LogP contribution in [0.3, 0.4) is 0 Å². The topological polar surface area (TPSA) is 46.2 Å². The molecule has 0 radical (unpaired) electrons. The summed E-state index contributed by atoms with van der Waals surface area (Å²) in [6.07, 6.45) is 1.08. The van der Waals surface area contributed by atoms with Crippen molar-refractivity contribution >= 4 is 63.2 Å². The quantitative estimate of drug-likeness (QED) is 0.450. The first-order valence-corrected chi connectivity index (χ1v) is 3.43. The van der Waals surface area contributed by atoms with Gasteiger partial charge in [0.25, 0.3) is 0 Å². The van der Waals surface area contributed by atoms with Crippen LogP contribution in [0.15, 0.2) is 0 Å². The molecule has 1 N–H and O–H groups in total. The molecule has 58 valence electrons. The van der Waals surface area contributed by atoms with Crippen molar-refractivity contribution in [2.45, 2.75) is 26.7 Å². The average Bonchev–Trinajstić information content (AvgIpc) is 2.09. The van der Waals surface area contributed by atoms with E-state index in [-0.39, 0.29) is 63.2 Å². The van der Waals surface area contributed by atoms with Gasteiger partial charge in [-0.2, -0.15) is 0 Å². The predicted molar refractivity (Wildman–Crippen MR) is 43.3 cm³/mol. The Labute approximate surface area is 109 Å². The summed E-state index contributed by atoms with van der Waals surface area (Å²) in [6.45, 7) is 3.73. The van der Waals surface area contributed by atoms with Gasteiger partial charge >= 0.3 is 51.4 Å². The molecule has 1 atom stereocenters. The van der Waals surface area contributed by atoms with Gasteiger partial charge in [0.2, 0.25) is 11.8 Å². The van der Waals surface area contributed by atoms with Crippen LogP contribution in [0.25, 0.3) is 0 Å². The van der Waals surface area contributed by atoms with E-state index >= 15 is 0 Å². The van der Waals surface area contributed by atoms with E-state index in [0.29, 0.717) is 6.42 Å². The Hall–Kier alpha value is 0.776. The van der Waals surface area contributed by atoms with Crippen molar-refractivity contribution < 1.29 is 9.59 Å². The Balaban J connectivity index is 0.000001000. The van der Waals surface area contributed by atoms with Gasteiger partial charge in [-0.1, -0.05) is 13.8 Å². The molecule has 3 nitrogen and oxygen atoms in total. The van der Waals surface area contributed by atoms with Gasteiger partial charge in [-0.25, -0.2) is 0 Å². The molecule has 1 rings (SSSR count).